The van der Waals surface area contributed by atoms with E-state index in [2.05, 4.69) is 26.2 Å². The van der Waals surface area contributed by atoms with Crippen LogP contribution in [-0.2, 0) is 4.74 Å². The molecule has 88 valence electrons. The van der Waals surface area contributed by atoms with Gasteiger partial charge in [0.15, 0.2) is 0 Å². The number of nitrogens with one attached hydrogen (secondary N) is 1. The Labute approximate surface area is 104 Å². The van der Waals surface area contributed by atoms with E-state index in [1.54, 1.807) is 25.4 Å². The summed E-state index contributed by atoms with van der Waals surface area (Å²) in [7, 11) is 1.62. The highest BCUT2D eigenvalue weighted by atomic mass is 79.9. The van der Waals surface area contributed by atoms with Crippen LogP contribution in [0.1, 0.15) is 23.7 Å². The number of aromatic nitrogens is 1. The quantitative estimate of drug-likeness (QED) is 0.843. The standard InChI is InChI=1S/C11H15BrN2O2/c1-3-8(7-16-2)14-11(15)9-5-4-6-13-10(9)12/h4-6,8H,3,7H2,1-2H3,(H,14,15). The topological polar surface area (TPSA) is 51.2 Å². The van der Waals surface area contributed by atoms with Crippen LogP contribution in [0.5, 0.6) is 0 Å². The molecule has 5 heteroatoms. The largest absolute Gasteiger partial charge is 0.383 e. The van der Waals surface area contributed by atoms with E-state index in [0.29, 0.717) is 16.8 Å². The molecule has 1 N–H and O–H groups in total. The molecular formula is C11H15BrN2O2. The third-order valence-corrected chi connectivity index (χ3v) is 2.83. The molecule has 0 saturated heterocycles. The third kappa shape index (κ3) is 3.57. The van der Waals surface area contributed by atoms with Crippen LogP contribution in [0.2, 0.25) is 0 Å². The van der Waals surface area contributed by atoms with E-state index >= 15 is 0 Å². The van der Waals surface area contributed by atoms with Crippen LogP contribution in [0.15, 0.2) is 22.9 Å². The predicted octanol–water partition coefficient (Wildman–Crippen LogP) is 2.00. The molecule has 16 heavy (non-hydrogen) atoms. The number of hydrogen-bond acceptors (Lipinski definition) is 3. The first-order valence-corrected chi connectivity index (χ1v) is 5.88. The first-order chi connectivity index (χ1) is 7.69. The van der Waals surface area contributed by atoms with E-state index in [0.717, 1.165) is 6.42 Å². The van der Waals surface area contributed by atoms with Crippen LogP contribution in [-0.4, -0.2) is 30.6 Å². The molecule has 0 bridgehead atoms. The Morgan fingerprint density at radius 3 is 3.00 bits per heavy atom. The number of pyridine rings is 1. The Kier molecular flexibility index (Phi) is 5.42. The lowest BCUT2D eigenvalue weighted by atomic mass is 10.2. The van der Waals surface area contributed by atoms with Crippen molar-refractivity contribution >= 4 is 21.8 Å². The zero-order valence-corrected chi connectivity index (χ0v) is 11.0. The number of halogens is 1. The number of amides is 1. The molecule has 1 atom stereocenters. The van der Waals surface area contributed by atoms with Crippen molar-refractivity contribution in [1.82, 2.24) is 10.3 Å². The molecule has 0 radical (unpaired) electrons. The summed E-state index contributed by atoms with van der Waals surface area (Å²) in [6.07, 6.45) is 2.46. The van der Waals surface area contributed by atoms with Gasteiger partial charge in [0.1, 0.15) is 4.60 Å². The number of methoxy groups -OCH3 is 1. The average molecular weight is 287 g/mol. The highest BCUT2D eigenvalue weighted by Crippen LogP contribution is 2.12. The molecular weight excluding hydrogens is 272 g/mol. The fourth-order valence-corrected chi connectivity index (χ4v) is 1.71. The van der Waals surface area contributed by atoms with Gasteiger partial charge in [0.25, 0.3) is 5.91 Å². The second-order valence-electron chi connectivity index (χ2n) is 3.38. The molecule has 0 saturated carbocycles. The Morgan fingerprint density at radius 2 is 2.44 bits per heavy atom. The Morgan fingerprint density at radius 1 is 1.69 bits per heavy atom. The lowest BCUT2D eigenvalue weighted by molar-refractivity contribution is 0.0893. The summed E-state index contributed by atoms with van der Waals surface area (Å²) >= 11 is 3.24. The Bertz CT molecular complexity index is 358. The fourth-order valence-electron chi connectivity index (χ4n) is 1.28. The molecule has 1 aromatic rings. The highest BCUT2D eigenvalue weighted by Gasteiger charge is 2.14. The van der Waals surface area contributed by atoms with Crippen molar-refractivity contribution in [2.75, 3.05) is 13.7 Å². The molecule has 0 spiro atoms. The SMILES string of the molecule is CCC(COC)NC(=O)c1cccnc1Br. The molecule has 0 aliphatic rings. The number of ether oxygens (including phenoxy) is 1. The molecule has 0 aliphatic heterocycles. The zero-order valence-electron chi connectivity index (χ0n) is 9.37. The summed E-state index contributed by atoms with van der Waals surface area (Å²) in [5, 5.41) is 2.89. The Balaban J connectivity index is 2.68. The van der Waals surface area contributed by atoms with Crippen LogP contribution in [0.4, 0.5) is 0 Å². The molecule has 1 amide bonds. The third-order valence-electron chi connectivity index (χ3n) is 2.20. The first-order valence-electron chi connectivity index (χ1n) is 5.09. The second-order valence-corrected chi connectivity index (χ2v) is 4.13. The van der Waals surface area contributed by atoms with Crippen LogP contribution in [0, 0.1) is 0 Å². The minimum Gasteiger partial charge on any atom is -0.383 e. The van der Waals surface area contributed by atoms with Gasteiger partial charge in [-0.1, -0.05) is 6.92 Å². The van der Waals surface area contributed by atoms with Gasteiger partial charge in [-0.3, -0.25) is 4.79 Å². The van der Waals surface area contributed by atoms with Gasteiger partial charge in [-0.05, 0) is 34.5 Å². The summed E-state index contributed by atoms with van der Waals surface area (Å²) in [5.41, 5.74) is 0.539. The number of nitrogens with zero attached hydrogens (tertiary/aromatic N) is 1. The summed E-state index contributed by atoms with van der Waals surface area (Å²) in [6.45, 7) is 2.52. The van der Waals surface area contributed by atoms with E-state index in [9.17, 15) is 4.79 Å². The minimum absolute atomic E-state index is 0.0320. The normalized spacial score (nSPS) is 12.2. The zero-order chi connectivity index (χ0) is 12.0. The number of carbonyl (C=O) groups excluding carboxylic acids is 1. The van der Waals surface area contributed by atoms with Crippen molar-refractivity contribution in [3.63, 3.8) is 0 Å². The number of hydrogen-bond donors (Lipinski definition) is 1. The van der Waals surface area contributed by atoms with E-state index < -0.39 is 0 Å². The smallest absolute Gasteiger partial charge is 0.254 e. The summed E-state index contributed by atoms with van der Waals surface area (Å²) in [4.78, 5) is 15.9. The second kappa shape index (κ2) is 6.60. The molecule has 4 nitrogen and oxygen atoms in total. The lowest BCUT2D eigenvalue weighted by Crippen LogP contribution is -2.37. The highest BCUT2D eigenvalue weighted by molar-refractivity contribution is 9.10. The fraction of sp³-hybridized carbons (Fsp3) is 0.455. The number of rotatable bonds is 5. The van der Waals surface area contributed by atoms with Gasteiger partial charge in [-0.2, -0.15) is 0 Å². The maximum atomic E-state index is 11.9. The van der Waals surface area contributed by atoms with Gasteiger partial charge in [0.05, 0.1) is 18.2 Å². The first kappa shape index (κ1) is 13.1. The van der Waals surface area contributed by atoms with Gasteiger partial charge >= 0.3 is 0 Å². The Hall–Kier alpha value is -0.940. The van der Waals surface area contributed by atoms with Crippen LogP contribution in [0.25, 0.3) is 0 Å². The van der Waals surface area contributed by atoms with Crippen molar-refractivity contribution in [2.24, 2.45) is 0 Å². The molecule has 0 fully saturated rings. The van der Waals surface area contributed by atoms with Crippen LogP contribution in [0.3, 0.4) is 0 Å². The van der Waals surface area contributed by atoms with Crippen molar-refractivity contribution in [2.45, 2.75) is 19.4 Å². The van der Waals surface area contributed by atoms with Crippen LogP contribution < -0.4 is 5.32 Å². The monoisotopic (exact) mass is 286 g/mol. The maximum absolute atomic E-state index is 11.9. The number of carbonyl (C=O) groups is 1. The minimum atomic E-state index is -0.135. The summed E-state index contributed by atoms with van der Waals surface area (Å²) in [5.74, 6) is -0.135. The maximum Gasteiger partial charge on any atom is 0.254 e. The van der Waals surface area contributed by atoms with Gasteiger partial charge in [0.2, 0.25) is 0 Å². The van der Waals surface area contributed by atoms with E-state index in [4.69, 9.17) is 4.74 Å². The predicted molar refractivity (Wildman–Crippen MR) is 65.4 cm³/mol. The molecule has 0 aromatic carbocycles. The molecule has 1 unspecified atom stereocenters. The van der Waals surface area contributed by atoms with Crippen molar-refractivity contribution in [3.05, 3.63) is 28.5 Å². The van der Waals surface area contributed by atoms with E-state index in [1.807, 2.05) is 6.92 Å². The van der Waals surface area contributed by atoms with Gasteiger partial charge in [-0.25, -0.2) is 4.98 Å². The molecule has 1 aromatic heterocycles. The van der Waals surface area contributed by atoms with Crippen molar-refractivity contribution in [3.8, 4) is 0 Å². The van der Waals surface area contributed by atoms with E-state index in [-0.39, 0.29) is 11.9 Å². The van der Waals surface area contributed by atoms with Gasteiger partial charge < -0.3 is 10.1 Å². The van der Waals surface area contributed by atoms with Crippen molar-refractivity contribution < 1.29 is 9.53 Å². The lowest BCUT2D eigenvalue weighted by Gasteiger charge is -2.16. The van der Waals surface area contributed by atoms with E-state index in [1.165, 1.54) is 0 Å². The average Bonchev–Trinajstić information content (AvgIpc) is 2.28. The molecule has 1 heterocycles. The molecule has 1 rings (SSSR count). The summed E-state index contributed by atoms with van der Waals surface area (Å²) in [6, 6.07) is 3.49. The van der Waals surface area contributed by atoms with Gasteiger partial charge in [-0.15, -0.1) is 0 Å². The van der Waals surface area contributed by atoms with Crippen LogP contribution >= 0.6 is 15.9 Å². The molecule has 0 aliphatic carbocycles. The summed E-state index contributed by atoms with van der Waals surface area (Å²) < 4.78 is 5.58. The van der Waals surface area contributed by atoms with Crippen molar-refractivity contribution in [1.29, 1.82) is 0 Å². The van der Waals surface area contributed by atoms with Gasteiger partial charge in [0, 0.05) is 13.3 Å².